The lowest BCUT2D eigenvalue weighted by Gasteiger charge is -2.14. The summed E-state index contributed by atoms with van der Waals surface area (Å²) in [6, 6.07) is 7.92. The summed E-state index contributed by atoms with van der Waals surface area (Å²) >= 11 is 0. The third-order valence-corrected chi connectivity index (χ3v) is 2.63. The fourth-order valence-corrected chi connectivity index (χ4v) is 1.52. The molecule has 6 nitrogen and oxygen atoms in total. The largest absolute Gasteiger partial charge is 0.449 e. The molecule has 0 radical (unpaired) electrons. The van der Waals surface area contributed by atoms with E-state index in [1.54, 1.807) is 31.2 Å². The second-order valence-electron chi connectivity index (χ2n) is 4.89. The minimum absolute atomic E-state index is 0.310. The fraction of sp³-hybridized carbons (Fsp3) is 0.467. The number of carbonyl (C=O) groups excluding carboxylic acids is 2. The summed E-state index contributed by atoms with van der Waals surface area (Å²) in [4.78, 5) is 25.3. The molecule has 0 fully saturated rings. The van der Waals surface area contributed by atoms with Crippen LogP contribution in [-0.2, 0) is 9.53 Å². The van der Waals surface area contributed by atoms with Crippen LogP contribution in [0.4, 0.5) is 4.79 Å². The molecule has 0 aliphatic heterocycles. The smallest absolute Gasteiger partial charge is 0.407 e. The van der Waals surface area contributed by atoms with Crippen molar-refractivity contribution in [1.29, 1.82) is 0 Å². The van der Waals surface area contributed by atoms with Crippen LogP contribution in [0.2, 0.25) is 0 Å². The van der Waals surface area contributed by atoms with Gasteiger partial charge in [-0.15, -0.1) is 0 Å². The fourth-order valence-electron chi connectivity index (χ4n) is 1.52. The number of esters is 1. The normalized spacial score (nSPS) is 11.8. The predicted octanol–water partition coefficient (Wildman–Crippen LogP) is 1.66. The maximum absolute atomic E-state index is 11.8. The molecule has 0 heterocycles. The third-order valence-electron chi connectivity index (χ3n) is 2.63. The molecule has 1 N–H and O–H groups in total. The van der Waals surface area contributed by atoms with E-state index in [-0.39, 0.29) is 0 Å². The number of amides is 1. The first-order valence-electron chi connectivity index (χ1n) is 6.84. The van der Waals surface area contributed by atoms with Gasteiger partial charge in [0.1, 0.15) is 11.8 Å². The molecule has 1 aromatic carbocycles. The highest BCUT2D eigenvalue weighted by molar-refractivity contribution is 5.82. The highest BCUT2D eigenvalue weighted by atomic mass is 16.6. The number of benzene rings is 1. The lowest BCUT2D eigenvalue weighted by molar-refractivity contribution is -0.136. The number of hydrogen-bond acceptors (Lipinski definition) is 5. The summed E-state index contributed by atoms with van der Waals surface area (Å²) in [5.41, 5.74) is 0. The van der Waals surface area contributed by atoms with E-state index in [1.807, 2.05) is 25.1 Å². The van der Waals surface area contributed by atoms with E-state index in [0.717, 1.165) is 13.0 Å². The molecule has 0 aromatic heterocycles. The van der Waals surface area contributed by atoms with Crippen LogP contribution in [0.3, 0.4) is 0 Å². The van der Waals surface area contributed by atoms with Gasteiger partial charge >= 0.3 is 12.1 Å². The van der Waals surface area contributed by atoms with Gasteiger partial charge < -0.3 is 19.7 Å². The summed E-state index contributed by atoms with van der Waals surface area (Å²) in [6.45, 7) is 2.69. The van der Waals surface area contributed by atoms with Crippen LogP contribution in [-0.4, -0.2) is 50.3 Å². The minimum atomic E-state index is -0.772. The molecule has 1 aromatic rings. The van der Waals surface area contributed by atoms with Crippen molar-refractivity contribution in [3.8, 4) is 5.75 Å². The predicted molar refractivity (Wildman–Crippen MR) is 79.2 cm³/mol. The molecule has 0 bridgehead atoms. The van der Waals surface area contributed by atoms with Crippen LogP contribution in [0.5, 0.6) is 5.75 Å². The average molecular weight is 294 g/mol. The number of ether oxygens (including phenoxy) is 2. The van der Waals surface area contributed by atoms with Gasteiger partial charge in [-0.25, -0.2) is 9.59 Å². The quantitative estimate of drug-likeness (QED) is 0.470. The Morgan fingerprint density at radius 2 is 1.90 bits per heavy atom. The van der Waals surface area contributed by atoms with Gasteiger partial charge in [0.15, 0.2) is 0 Å². The molecular formula is C15H22N2O4. The van der Waals surface area contributed by atoms with Crippen LogP contribution in [0.1, 0.15) is 13.3 Å². The highest BCUT2D eigenvalue weighted by Gasteiger charge is 2.18. The van der Waals surface area contributed by atoms with Crippen LogP contribution in [0, 0.1) is 0 Å². The van der Waals surface area contributed by atoms with Gasteiger partial charge in [0.25, 0.3) is 0 Å². The number of rotatable bonds is 7. The topological polar surface area (TPSA) is 67.9 Å². The zero-order chi connectivity index (χ0) is 15.7. The van der Waals surface area contributed by atoms with Crippen molar-refractivity contribution in [3.05, 3.63) is 30.3 Å². The molecular weight excluding hydrogens is 272 g/mol. The number of nitrogens with zero attached hydrogens (tertiary/aromatic N) is 1. The summed E-state index contributed by atoms with van der Waals surface area (Å²) < 4.78 is 10.1. The Morgan fingerprint density at radius 1 is 1.24 bits per heavy atom. The molecule has 1 amide bonds. The Morgan fingerprint density at radius 3 is 2.52 bits per heavy atom. The van der Waals surface area contributed by atoms with Crippen molar-refractivity contribution in [2.75, 3.05) is 27.2 Å². The first-order valence-corrected chi connectivity index (χ1v) is 6.84. The Hall–Kier alpha value is -2.08. The van der Waals surface area contributed by atoms with Crippen molar-refractivity contribution < 1.29 is 19.1 Å². The third kappa shape index (κ3) is 7.31. The van der Waals surface area contributed by atoms with Gasteiger partial charge in [-0.1, -0.05) is 18.2 Å². The maximum Gasteiger partial charge on any atom is 0.407 e. The second-order valence-corrected chi connectivity index (χ2v) is 4.89. The number of alkyl carbamates (subject to hydrolysis) is 1. The van der Waals surface area contributed by atoms with E-state index < -0.39 is 18.1 Å². The lowest BCUT2D eigenvalue weighted by atomic mass is 10.3. The van der Waals surface area contributed by atoms with Crippen LogP contribution in [0.15, 0.2) is 30.3 Å². The molecule has 0 aliphatic carbocycles. The molecule has 21 heavy (non-hydrogen) atoms. The number of hydrogen-bond donors (Lipinski definition) is 1. The maximum atomic E-state index is 11.8. The van der Waals surface area contributed by atoms with E-state index in [0.29, 0.717) is 12.4 Å². The van der Waals surface area contributed by atoms with Crippen molar-refractivity contribution in [2.45, 2.75) is 19.4 Å². The summed E-state index contributed by atoms with van der Waals surface area (Å²) in [5.74, 6) is -0.0954. The molecule has 1 rings (SSSR count). The summed E-state index contributed by atoms with van der Waals surface area (Å²) in [7, 11) is 3.89. The number of nitrogens with one attached hydrogen (secondary N) is 1. The van der Waals surface area contributed by atoms with Crippen LogP contribution < -0.4 is 10.1 Å². The summed E-state index contributed by atoms with van der Waals surface area (Å²) in [5, 5.41) is 2.44. The SMILES string of the molecule is C[C@H](NC(=O)OCCCN(C)C)C(=O)Oc1ccccc1. The molecule has 1 atom stereocenters. The molecule has 0 aliphatic rings. The van der Waals surface area contributed by atoms with E-state index in [9.17, 15) is 9.59 Å². The van der Waals surface area contributed by atoms with Gasteiger partial charge in [0, 0.05) is 6.54 Å². The highest BCUT2D eigenvalue weighted by Crippen LogP contribution is 2.09. The van der Waals surface area contributed by atoms with Gasteiger partial charge in [-0.2, -0.15) is 0 Å². The van der Waals surface area contributed by atoms with Crippen molar-refractivity contribution >= 4 is 12.1 Å². The Balaban J connectivity index is 2.27. The lowest BCUT2D eigenvalue weighted by Crippen LogP contribution is -2.41. The van der Waals surface area contributed by atoms with Crippen LogP contribution >= 0.6 is 0 Å². The van der Waals surface area contributed by atoms with Crippen molar-refractivity contribution in [3.63, 3.8) is 0 Å². The molecule has 0 unspecified atom stereocenters. The van der Waals surface area contributed by atoms with Gasteiger partial charge in [-0.05, 0) is 39.6 Å². The second kappa shape index (κ2) is 8.97. The van der Waals surface area contributed by atoms with E-state index >= 15 is 0 Å². The first kappa shape index (κ1) is 17.0. The van der Waals surface area contributed by atoms with E-state index in [4.69, 9.17) is 9.47 Å². The summed E-state index contributed by atoms with van der Waals surface area (Å²) in [6.07, 6.45) is 0.120. The monoisotopic (exact) mass is 294 g/mol. The Kier molecular flexibility index (Phi) is 7.25. The average Bonchev–Trinajstić information content (AvgIpc) is 2.44. The van der Waals surface area contributed by atoms with E-state index in [2.05, 4.69) is 5.32 Å². The molecule has 0 saturated heterocycles. The van der Waals surface area contributed by atoms with Gasteiger partial charge in [0.05, 0.1) is 6.61 Å². The van der Waals surface area contributed by atoms with Crippen molar-refractivity contribution in [2.24, 2.45) is 0 Å². The molecule has 116 valence electrons. The Bertz CT molecular complexity index is 448. The van der Waals surface area contributed by atoms with Gasteiger partial charge in [0.2, 0.25) is 0 Å². The van der Waals surface area contributed by atoms with Crippen molar-refractivity contribution in [1.82, 2.24) is 10.2 Å². The molecule has 6 heteroatoms. The van der Waals surface area contributed by atoms with E-state index in [1.165, 1.54) is 0 Å². The first-order chi connectivity index (χ1) is 9.99. The Labute approximate surface area is 125 Å². The zero-order valence-corrected chi connectivity index (χ0v) is 12.7. The molecule has 0 spiro atoms. The molecule has 0 saturated carbocycles. The minimum Gasteiger partial charge on any atom is -0.449 e. The number of carbonyl (C=O) groups is 2. The number of para-hydroxylation sites is 1. The van der Waals surface area contributed by atoms with Gasteiger partial charge in [-0.3, -0.25) is 0 Å². The standard InChI is InChI=1S/C15H22N2O4/c1-12(14(18)21-13-8-5-4-6-9-13)16-15(19)20-11-7-10-17(2)3/h4-6,8-9,12H,7,10-11H2,1-3H3,(H,16,19)/t12-/m0/s1. The zero-order valence-electron chi connectivity index (χ0n) is 12.7. The van der Waals surface area contributed by atoms with Crippen LogP contribution in [0.25, 0.3) is 0 Å².